The molecule has 0 spiro atoms. The second-order valence-electron chi connectivity index (χ2n) is 9.42. The molecular formula is C25H30N4OS. The molecule has 31 heavy (non-hydrogen) atoms. The first kappa shape index (κ1) is 21.7. The minimum atomic E-state index is -1.16. The van der Waals surface area contributed by atoms with Crippen molar-refractivity contribution in [1.82, 2.24) is 19.7 Å². The Labute approximate surface area is 186 Å². The predicted octanol–water partition coefficient (Wildman–Crippen LogP) is 5.92. The molecule has 2 N–H and O–H groups in total. The lowest BCUT2D eigenvalue weighted by atomic mass is 9.99. The van der Waals surface area contributed by atoms with E-state index >= 15 is 0 Å². The zero-order valence-electron chi connectivity index (χ0n) is 18.8. The normalized spacial score (nSPS) is 14.4. The third-order valence-corrected chi connectivity index (χ3v) is 6.96. The summed E-state index contributed by atoms with van der Waals surface area (Å²) in [7, 11) is -1.16. The highest BCUT2D eigenvalue weighted by Crippen LogP contribution is 2.30. The lowest BCUT2D eigenvalue weighted by Crippen LogP contribution is -2.36. The fraction of sp³-hybridized carbons (Fsp3) is 0.360. The molecule has 4 aromatic rings. The van der Waals surface area contributed by atoms with Crippen molar-refractivity contribution in [3.05, 3.63) is 60.6 Å². The van der Waals surface area contributed by atoms with Crippen LogP contribution in [-0.4, -0.2) is 23.9 Å². The minimum Gasteiger partial charge on any atom is -0.346 e. The van der Waals surface area contributed by atoms with Gasteiger partial charge in [-0.2, -0.15) is 0 Å². The van der Waals surface area contributed by atoms with E-state index in [1.165, 1.54) is 0 Å². The van der Waals surface area contributed by atoms with Crippen molar-refractivity contribution in [1.29, 1.82) is 0 Å². The first-order valence-electron chi connectivity index (χ1n) is 10.7. The van der Waals surface area contributed by atoms with E-state index in [0.717, 1.165) is 45.2 Å². The molecule has 3 heterocycles. The van der Waals surface area contributed by atoms with Crippen molar-refractivity contribution < 1.29 is 4.21 Å². The van der Waals surface area contributed by atoms with E-state index in [2.05, 4.69) is 64.9 Å². The van der Waals surface area contributed by atoms with E-state index < -0.39 is 11.0 Å². The summed E-state index contributed by atoms with van der Waals surface area (Å²) in [5.41, 5.74) is 5.05. The highest BCUT2D eigenvalue weighted by atomic mass is 32.2. The maximum absolute atomic E-state index is 12.7. The Morgan fingerprint density at radius 2 is 1.90 bits per heavy atom. The van der Waals surface area contributed by atoms with Gasteiger partial charge in [-0.25, -0.2) is 13.9 Å². The second kappa shape index (κ2) is 8.52. The molecule has 5 nitrogen and oxygen atoms in total. The van der Waals surface area contributed by atoms with E-state index in [9.17, 15) is 4.21 Å². The summed E-state index contributed by atoms with van der Waals surface area (Å²) in [6, 6.07) is 14.6. The smallest absolute Gasteiger partial charge is 0.137 e. The number of H-pyrrole nitrogens is 1. The molecule has 4 rings (SSSR count). The fourth-order valence-corrected chi connectivity index (χ4v) is 4.55. The topological polar surface area (TPSA) is 70.7 Å². The van der Waals surface area contributed by atoms with Gasteiger partial charge in [-0.05, 0) is 74.6 Å². The first-order valence-corrected chi connectivity index (χ1v) is 11.9. The number of aromatic nitrogens is 3. The molecule has 0 aliphatic heterocycles. The SMILES string of the molecule is CC(C)CC(NS(=O)C(C)(C)C)c1ccc2cc(-c3ccnc4[nH]ccc34)ccc2n1. The minimum absolute atomic E-state index is 0.0520. The van der Waals surface area contributed by atoms with E-state index in [0.29, 0.717) is 5.92 Å². The molecule has 162 valence electrons. The average molecular weight is 435 g/mol. The Bertz CT molecular complexity index is 1240. The van der Waals surface area contributed by atoms with Gasteiger partial charge in [0.1, 0.15) is 5.65 Å². The molecule has 2 atom stereocenters. The third-order valence-electron chi connectivity index (χ3n) is 5.35. The fourth-order valence-electron chi connectivity index (χ4n) is 3.72. The lowest BCUT2D eigenvalue weighted by molar-refractivity contribution is 0.473. The summed E-state index contributed by atoms with van der Waals surface area (Å²) in [6.07, 6.45) is 4.62. The molecule has 0 bridgehead atoms. The largest absolute Gasteiger partial charge is 0.346 e. The Balaban J connectivity index is 1.69. The van der Waals surface area contributed by atoms with E-state index in [-0.39, 0.29) is 10.8 Å². The van der Waals surface area contributed by atoms with Gasteiger partial charge in [-0.3, -0.25) is 4.98 Å². The number of nitrogens with zero attached hydrogens (tertiary/aromatic N) is 2. The average Bonchev–Trinajstić information content (AvgIpc) is 3.20. The van der Waals surface area contributed by atoms with Crippen LogP contribution in [0.15, 0.2) is 54.9 Å². The maximum Gasteiger partial charge on any atom is 0.137 e. The van der Waals surface area contributed by atoms with Crippen LogP contribution in [0.5, 0.6) is 0 Å². The molecule has 0 aliphatic carbocycles. The summed E-state index contributed by atoms with van der Waals surface area (Å²) >= 11 is 0. The van der Waals surface area contributed by atoms with Crippen molar-refractivity contribution in [3.63, 3.8) is 0 Å². The van der Waals surface area contributed by atoms with Gasteiger partial charge in [0.2, 0.25) is 0 Å². The molecule has 2 unspecified atom stereocenters. The Morgan fingerprint density at radius 1 is 1.10 bits per heavy atom. The number of rotatable bonds is 6. The number of benzene rings is 1. The summed E-state index contributed by atoms with van der Waals surface area (Å²) < 4.78 is 15.7. The molecule has 0 aliphatic rings. The van der Waals surface area contributed by atoms with E-state index in [4.69, 9.17) is 4.98 Å². The standard InChI is InChI=1S/C25H30N4OS/c1-16(2)14-23(29-31(30)25(3,4)5)22-9-7-18-15-17(6-8-21(18)28-22)19-10-12-26-24-20(19)11-13-27-24/h6-13,15-16,23,29H,14H2,1-5H3,(H,26,27). The van der Waals surface area contributed by atoms with Gasteiger partial charge in [-0.15, -0.1) is 0 Å². The van der Waals surface area contributed by atoms with Gasteiger partial charge in [-0.1, -0.05) is 26.0 Å². The predicted molar refractivity (Wildman–Crippen MR) is 130 cm³/mol. The van der Waals surface area contributed by atoms with Crippen LogP contribution in [0.4, 0.5) is 0 Å². The van der Waals surface area contributed by atoms with Crippen LogP contribution in [0.1, 0.15) is 52.8 Å². The van der Waals surface area contributed by atoms with Crippen molar-refractivity contribution >= 4 is 32.9 Å². The van der Waals surface area contributed by atoms with Gasteiger partial charge >= 0.3 is 0 Å². The Kier molecular flexibility index (Phi) is 5.95. The quantitative estimate of drug-likeness (QED) is 0.396. The molecule has 0 radical (unpaired) electrons. The van der Waals surface area contributed by atoms with Crippen molar-refractivity contribution in [2.45, 2.75) is 51.8 Å². The van der Waals surface area contributed by atoms with Crippen LogP contribution in [0.3, 0.4) is 0 Å². The summed E-state index contributed by atoms with van der Waals surface area (Å²) in [5, 5.41) is 2.19. The van der Waals surface area contributed by atoms with Crippen LogP contribution in [-0.2, 0) is 11.0 Å². The number of aromatic amines is 1. The molecule has 0 saturated carbocycles. The summed E-state index contributed by atoms with van der Waals surface area (Å²) in [4.78, 5) is 12.5. The van der Waals surface area contributed by atoms with Crippen molar-refractivity contribution in [2.24, 2.45) is 5.92 Å². The van der Waals surface area contributed by atoms with Gasteiger partial charge in [0.05, 0.1) is 33.0 Å². The molecule has 0 fully saturated rings. The number of nitrogens with one attached hydrogen (secondary N) is 2. The van der Waals surface area contributed by atoms with Gasteiger partial charge < -0.3 is 4.98 Å². The van der Waals surface area contributed by atoms with E-state index in [1.807, 2.05) is 39.2 Å². The number of hydrogen-bond acceptors (Lipinski definition) is 3. The number of fused-ring (bicyclic) bond motifs is 2. The Hall–Kier alpha value is -2.57. The third kappa shape index (κ3) is 4.70. The zero-order valence-corrected chi connectivity index (χ0v) is 19.6. The first-order chi connectivity index (χ1) is 14.7. The van der Waals surface area contributed by atoms with Crippen LogP contribution in [0.25, 0.3) is 33.1 Å². The molecule has 6 heteroatoms. The van der Waals surface area contributed by atoms with Crippen LogP contribution in [0, 0.1) is 5.92 Å². The number of hydrogen-bond donors (Lipinski definition) is 2. The zero-order chi connectivity index (χ0) is 22.2. The molecule has 0 saturated heterocycles. The van der Waals surface area contributed by atoms with Crippen LogP contribution >= 0.6 is 0 Å². The number of pyridine rings is 2. The molecule has 1 aromatic carbocycles. The highest BCUT2D eigenvalue weighted by molar-refractivity contribution is 7.84. The highest BCUT2D eigenvalue weighted by Gasteiger charge is 2.25. The Morgan fingerprint density at radius 3 is 2.65 bits per heavy atom. The molecule has 3 aromatic heterocycles. The summed E-state index contributed by atoms with van der Waals surface area (Å²) in [5.74, 6) is 0.463. The van der Waals surface area contributed by atoms with Crippen molar-refractivity contribution in [3.8, 4) is 11.1 Å². The van der Waals surface area contributed by atoms with Crippen LogP contribution in [0.2, 0.25) is 0 Å². The van der Waals surface area contributed by atoms with E-state index in [1.54, 1.807) is 0 Å². The van der Waals surface area contributed by atoms with Crippen LogP contribution < -0.4 is 4.72 Å². The second-order valence-corrected chi connectivity index (χ2v) is 11.4. The van der Waals surface area contributed by atoms with Crippen molar-refractivity contribution in [2.75, 3.05) is 0 Å². The lowest BCUT2D eigenvalue weighted by Gasteiger charge is -2.25. The molecular weight excluding hydrogens is 404 g/mol. The van der Waals surface area contributed by atoms with Gasteiger partial charge in [0.25, 0.3) is 0 Å². The monoisotopic (exact) mass is 434 g/mol. The maximum atomic E-state index is 12.7. The summed E-state index contributed by atoms with van der Waals surface area (Å²) in [6.45, 7) is 10.3. The van der Waals surface area contributed by atoms with Gasteiger partial charge in [0, 0.05) is 23.2 Å². The van der Waals surface area contributed by atoms with Gasteiger partial charge in [0.15, 0.2) is 0 Å². The molecule has 0 amide bonds.